The van der Waals surface area contributed by atoms with E-state index in [4.69, 9.17) is 4.74 Å². The molecule has 0 unspecified atom stereocenters. The van der Waals surface area contributed by atoms with Crippen molar-refractivity contribution in [1.29, 1.82) is 0 Å². The normalized spacial score (nSPS) is 14.4. The van der Waals surface area contributed by atoms with Crippen molar-refractivity contribution in [2.75, 3.05) is 13.1 Å². The summed E-state index contributed by atoms with van der Waals surface area (Å²) in [6.07, 6.45) is -1.09. The molecule has 0 radical (unpaired) electrons. The molecule has 0 spiro atoms. The van der Waals surface area contributed by atoms with Crippen LogP contribution in [-0.4, -0.2) is 57.8 Å². The van der Waals surface area contributed by atoms with Gasteiger partial charge in [0.1, 0.15) is 12.1 Å². The zero-order valence-corrected chi connectivity index (χ0v) is 16.5. The third kappa shape index (κ3) is 5.90. The summed E-state index contributed by atoms with van der Waals surface area (Å²) in [4.78, 5) is 26.4. The average molecular weight is 386 g/mol. The van der Waals surface area contributed by atoms with Crippen molar-refractivity contribution in [1.82, 2.24) is 20.0 Å². The van der Waals surface area contributed by atoms with Gasteiger partial charge in [-0.25, -0.2) is 13.6 Å². The molecule has 1 saturated carbocycles. The van der Waals surface area contributed by atoms with Gasteiger partial charge in [0.05, 0.1) is 11.3 Å². The molecule has 1 aliphatic carbocycles. The monoisotopic (exact) mass is 386 g/mol. The number of carbonyl (C=O) groups is 2. The van der Waals surface area contributed by atoms with Crippen LogP contribution in [0, 0.1) is 13.8 Å². The van der Waals surface area contributed by atoms with Crippen LogP contribution < -0.4 is 5.32 Å². The lowest BCUT2D eigenvalue weighted by Crippen LogP contribution is -2.42. The minimum Gasteiger partial charge on any atom is -0.444 e. The predicted molar refractivity (Wildman–Crippen MR) is 96.0 cm³/mol. The van der Waals surface area contributed by atoms with Crippen LogP contribution in [0.3, 0.4) is 0 Å². The van der Waals surface area contributed by atoms with Crippen LogP contribution in [0.25, 0.3) is 0 Å². The fourth-order valence-corrected chi connectivity index (χ4v) is 2.84. The zero-order chi connectivity index (χ0) is 20.4. The van der Waals surface area contributed by atoms with Gasteiger partial charge in [0, 0.05) is 24.8 Å². The van der Waals surface area contributed by atoms with Crippen LogP contribution in [0.5, 0.6) is 0 Å². The Labute approximate surface area is 158 Å². The lowest BCUT2D eigenvalue weighted by Gasteiger charge is -2.27. The van der Waals surface area contributed by atoms with Crippen LogP contribution in [0.15, 0.2) is 0 Å². The molecule has 1 aromatic heterocycles. The summed E-state index contributed by atoms with van der Waals surface area (Å²) in [5.41, 5.74) is 0.514. The third-order valence-electron chi connectivity index (χ3n) is 4.17. The summed E-state index contributed by atoms with van der Waals surface area (Å²) in [5.74, 6) is -0.384. The molecule has 0 saturated heterocycles. The molecule has 0 aliphatic heterocycles. The summed E-state index contributed by atoms with van der Waals surface area (Å²) >= 11 is 0. The average Bonchev–Trinajstić information content (AvgIpc) is 3.29. The number of hydrogen-bond donors (Lipinski definition) is 1. The Morgan fingerprint density at radius 3 is 2.48 bits per heavy atom. The molecule has 1 N–H and O–H groups in total. The maximum atomic E-state index is 12.6. The van der Waals surface area contributed by atoms with Crippen molar-refractivity contribution in [3.8, 4) is 0 Å². The van der Waals surface area contributed by atoms with E-state index in [0.717, 1.165) is 17.5 Å². The second kappa shape index (κ2) is 8.22. The smallest absolute Gasteiger partial charge is 0.410 e. The van der Waals surface area contributed by atoms with Crippen molar-refractivity contribution >= 4 is 12.0 Å². The highest BCUT2D eigenvalue weighted by Crippen LogP contribution is 2.28. The maximum Gasteiger partial charge on any atom is 0.410 e. The molecule has 2 rings (SSSR count). The molecule has 1 aromatic rings. The minimum absolute atomic E-state index is 0.147. The van der Waals surface area contributed by atoms with Gasteiger partial charge in [0.15, 0.2) is 0 Å². The first-order valence-electron chi connectivity index (χ1n) is 9.09. The zero-order valence-electron chi connectivity index (χ0n) is 16.5. The van der Waals surface area contributed by atoms with Gasteiger partial charge in [-0.2, -0.15) is 5.10 Å². The molecule has 1 heterocycles. The summed E-state index contributed by atoms with van der Waals surface area (Å²) in [7, 11) is 0. The van der Waals surface area contributed by atoms with E-state index in [9.17, 15) is 18.4 Å². The number of aryl methyl sites for hydroxylation is 1. The molecule has 1 aliphatic rings. The fourth-order valence-electron chi connectivity index (χ4n) is 2.84. The van der Waals surface area contributed by atoms with Crippen LogP contribution in [-0.2, 0) is 11.3 Å². The topological polar surface area (TPSA) is 76.5 Å². The van der Waals surface area contributed by atoms with Gasteiger partial charge >= 0.3 is 6.09 Å². The molecule has 2 amide bonds. The molecular weight excluding hydrogens is 358 g/mol. The molecule has 7 nitrogen and oxygen atoms in total. The first-order chi connectivity index (χ1) is 12.5. The van der Waals surface area contributed by atoms with Crippen molar-refractivity contribution in [2.45, 2.75) is 72.1 Å². The Morgan fingerprint density at radius 1 is 1.33 bits per heavy atom. The number of rotatable bonds is 7. The summed E-state index contributed by atoms with van der Waals surface area (Å²) in [6.45, 7) is 8.65. The number of carbonyl (C=O) groups excluding carboxylic acids is 2. The van der Waals surface area contributed by atoms with Gasteiger partial charge in [-0.05, 0) is 47.5 Å². The fraction of sp³-hybridized carbons (Fsp3) is 0.722. The number of aromatic nitrogens is 2. The number of ether oxygens (including phenoxy) is 1. The summed E-state index contributed by atoms with van der Waals surface area (Å²) in [6, 6.07) is 0.147. The van der Waals surface area contributed by atoms with E-state index < -0.39 is 24.7 Å². The van der Waals surface area contributed by atoms with Crippen molar-refractivity contribution in [2.24, 2.45) is 0 Å². The second-order valence-electron chi connectivity index (χ2n) is 7.78. The van der Waals surface area contributed by atoms with E-state index in [1.54, 1.807) is 39.5 Å². The van der Waals surface area contributed by atoms with Gasteiger partial charge < -0.3 is 15.0 Å². The second-order valence-corrected chi connectivity index (χ2v) is 7.78. The highest BCUT2D eigenvalue weighted by molar-refractivity contribution is 5.96. The van der Waals surface area contributed by atoms with Gasteiger partial charge in [-0.15, -0.1) is 0 Å². The van der Waals surface area contributed by atoms with E-state index in [1.807, 2.05) is 0 Å². The lowest BCUT2D eigenvalue weighted by atomic mass is 10.2. The Bertz CT molecular complexity index is 694. The Kier molecular flexibility index (Phi) is 6.43. The van der Waals surface area contributed by atoms with Crippen LogP contribution in [0.4, 0.5) is 13.6 Å². The van der Waals surface area contributed by atoms with Gasteiger partial charge in [0.2, 0.25) is 0 Å². The highest BCUT2D eigenvalue weighted by Gasteiger charge is 2.35. The van der Waals surface area contributed by atoms with Gasteiger partial charge in [-0.1, -0.05) is 0 Å². The molecule has 0 atom stereocenters. The van der Waals surface area contributed by atoms with Crippen LogP contribution >= 0.6 is 0 Å². The molecule has 1 fully saturated rings. The van der Waals surface area contributed by atoms with Crippen molar-refractivity contribution in [3.05, 3.63) is 17.0 Å². The number of amides is 2. The SMILES string of the molecule is Cc1nn(CC(F)F)c(C)c1C(=O)NCCN(C(=O)OC(C)(C)C)C1CC1. The van der Waals surface area contributed by atoms with E-state index >= 15 is 0 Å². The number of alkyl halides is 2. The molecular formula is C18H28F2N4O3. The number of hydrogen-bond acceptors (Lipinski definition) is 4. The first kappa shape index (κ1) is 21.1. The van der Waals surface area contributed by atoms with Gasteiger partial charge in [0.25, 0.3) is 12.3 Å². The predicted octanol–water partition coefficient (Wildman–Crippen LogP) is 2.89. The third-order valence-corrected chi connectivity index (χ3v) is 4.17. The molecule has 0 bridgehead atoms. The van der Waals surface area contributed by atoms with E-state index in [2.05, 4.69) is 10.4 Å². The molecule has 0 aromatic carbocycles. The lowest BCUT2D eigenvalue weighted by molar-refractivity contribution is 0.0234. The van der Waals surface area contributed by atoms with Crippen LogP contribution in [0.1, 0.15) is 55.4 Å². The molecule has 9 heteroatoms. The number of nitrogens with zero attached hydrogens (tertiary/aromatic N) is 3. The van der Waals surface area contributed by atoms with Crippen molar-refractivity contribution < 1.29 is 23.1 Å². The minimum atomic E-state index is -2.54. The summed E-state index contributed by atoms with van der Waals surface area (Å²) < 4.78 is 31.8. The van der Waals surface area contributed by atoms with E-state index in [-0.39, 0.29) is 18.5 Å². The maximum absolute atomic E-state index is 12.6. The Hall–Kier alpha value is -2.19. The number of nitrogens with one attached hydrogen (secondary N) is 1. The first-order valence-corrected chi connectivity index (χ1v) is 9.09. The molecule has 152 valence electrons. The van der Waals surface area contributed by atoms with Crippen molar-refractivity contribution in [3.63, 3.8) is 0 Å². The Balaban J connectivity index is 1.95. The van der Waals surface area contributed by atoms with E-state index in [1.165, 1.54) is 0 Å². The standard InChI is InChI=1S/C18H28F2N4O3/c1-11-15(12(2)24(22-11)10-14(19)20)16(25)21-8-9-23(13-6-7-13)17(26)27-18(3,4)5/h13-14H,6-10H2,1-5H3,(H,21,25). The highest BCUT2D eigenvalue weighted by atomic mass is 19.3. The largest absolute Gasteiger partial charge is 0.444 e. The van der Waals surface area contributed by atoms with Crippen LogP contribution in [0.2, 0.25) is 0 Å². The summed E-state index contributed by atoms with van der Waals surface area (Å²) in [5, 5.41) is 6.76. The Morgan fingerprint density at radius 2 is 1.96 bits per heavy atom. The van der Waals surface area contributed by atoms with E-state index in [0.29, 0.717) is 23.5 Å². The number of halogens is 2. The van der Waals surface area contributed by atoms with Gasteiger partial charge in [-0.3, -0.25) is 9.48 Å². The molecule has 27 heavy (non-hydrogen) atoms. The quantitative estimate of drug-likeness (QED) is 0.782.